The molecule has 0 saturated heterocycles. The Morgan fingerprint density at radius 3 is 0.970 bits per heavy atom. The fourth-order valence-electron chi connectivity index (χ4n) is 10.1. The van der Waals surface area contributed by atoms with Gasteiger partial charge in [-0.25, -0.2) is 0 Å². The number of anilines is 6. The van der Waals surface area contributed by atoms with E-state index in [9.17, 15) is 0 Å². The van der Waals surface area contributed by atoms with Crippen LogP contribution < -0.4 is 9.80 Å². The normalized spacial score (nSPS) is 11.3. The zero-order valence-corrected chi connectivity index (χ0v) is 36.3. The molecule has 2 heteroatoms. The first-order chi connectivity index (χ1) is 32.8. The van der Waals surface area contributed by atoms with Gasteiger partial charge in [-0.2, -0.15) is 0 Å². The van der Waals surface area contributed by atoms with Crippen LogP contribution in [0.4, 0.5) is 34.1 Å². The maximum absolute atomic E-state index is 2.38. The van der Waals surface area contributed by atoms with E-state index in [-0.39, 0.29) is 0 Å². The average molecular weight is 841 g/mol. The average Bonchev–Trinajstić information content (AvgIpc) is 3.40. The van der Waals surface area contributed by atoms with Gasteiger partial charge in [0, 0.05) is 34.0 Å². The van der Waals surface area contributed by atoms with Crippen LogP contribution in [0.2, 0.25) is 0 Å². The number of rotatable bonds is 9. The third-order valence-corrected chi connectivity index (χ3v) is 13.0. The standard InChI is InChI=1S/C64H44N2/c1-5-21-45(22-6-1)53-29-19-20-36-60(53)66(50-27-11-4-12-28-50)52-43-39-47(40-44-52)62-59-35-18-17-34-58(59)61(63-56-32-15-13-30-54(56)55-31-14-16-33-57(55)64(62)63)46-37-41-51(42-38-46)65(48-23-7-2-8-24-48)49-25-9-3-10-26-49/h1-44H. The molecule has 2 nitrogen and oxygen atoms in total. The summed E-state index contributed by atoms with van der Waals surface area (Å²) in [6.07, 6.45) is 0. The summed E-state index contributed by atoms with van der Waals surface area (Å²) in [7, 11) is 0. The molecule has 0 aliphatic carbocycles. The predicted octanol–water partition coefficient (Wildman–Crippen LogP) is 18.2. The van der Waals surface area contributed by atoms with Crippen LogP contribution >= 0.6 is 0 Å². The highest BCUT2D eigenvalue weighted by Gasteiger charge is 2.23. The Balaban J connectivity index is 1.09. The smallest absolute Gasteiger partial charge is 0.0540 e. The van der Waals surface area contributed by atoms with Gasteiger partial charge in [0.15, 0.2) is 0 Å². The van der Waals surface area contributed by atoms with Gasteiger partial charge in [-0.3, -0.25) is 0 Å². The van der Waals surface area contributed by atoms with Gasteiger partial charge in [0.2, 0.25) is 0 Å². The SMILES string of the molecule is c1ccc(-c2ccccc2N(c2ccccc2)c2ccc(-c3c4ccccc4c(-c4ccc(N(c5ccccc5)c5ccccc5)cc4)c4c5ccccc5c5ccccc5c34)cc2)cc1. The van der Waals surface area contributed by atoms with Gasteiger partial charge in [0.25, 0.3) is 0 Å². The molecule has 0 aliphatic heterocycles. The van der Waals surface area contributed by atoms with Crippen LogP contribution in [0.3, 0.4) is 0 Å². The molecule has 0 radical (unpaired) electrons. The number of nitrogens with zero attached hydrogens (tertiary/aromatic N) is 2. The number of fused-ring (bicyclic) bond motifs is 7. The fraction of sp³-hybridized carbons (Fsp3) is 0. The first kappa shape index (κ1) is 38.9. The van der Waals surface area contributed by atoms with E-state index in [0.29, 0.717) is 0 Å². The van der Waals surface area contributed by atoms with Crippen molar-refractivity contribution < 1.29 is 0 Å². The largest absolute Gasteiger partial charge is 0.311 e. The lowest BCUT2D eigenvalue weighted by Crippen LogP contribution is -2.11. The lowest BCUT2D eigenvalue weighted by molar-refractivity contribution is 1.28. The van der Waals surface area contributed by atoms with Gasteiger partial charge in [-0.1, -0.05) is 200 Å². The van der Waals surface area contributed by atoms with Crippen molar-refractivity contribution >= 4 is 77.2 Å². The van der Waals surface area contributed by atoms with Gasteiger partial charge >= 0.3 is 0 Å². The van der Waals surface area contributed by atoms with Gasteiger partial charge in [0.1, 0.15) is 0 Å². The third-order valence-electron chi connectivity index (χ3n) is 13.0. The second-order valence-electron chi connectivity index (χ2n) is 16.8. The molecule has 0 amide bonds. The zero-order valence-electron chi connectivity index (χ0n) is 36.3. The highest BCUT2D eigenvalue weighted by molar-refractivity contribution is 6.36. The highest BCUT2D eigenvalue weighted by atomic mass is 15.1. The first-order valence-electron chi connectivity index (χ1n) is 22.7. The summed E-state index contributed by atoms with van der Waals surface area (Å²) in [6, 6.07) is 96.8. The van der Waals surface area contributed by atoms with Crippen LogP contribution in [0, 0.1) is 0 Å². The molecular weight excluding hydrogens is 797 g/mol. The van der Waals surface area contributed by atoms with E-state index in [4.69, 9.17) is 0 Å². The third kappa shape index (κ3) is 6.75. The van der Waals surface area contributed by atoms with Crippen molar-refractivity contribution in [2.45, 2.75) is 0 Å². The number of para-hydroxylation sites is 4. The van der Waals surface area contributed by atoms with Gasteiger partial charge < -0.3 is 9.80 Å². The van der Waals surface area contributed by atoms with Crippen LogP contribution in [0.5, 0.6) is 0 Å². The second-order valence-corrected chi connectivity index (χ2v) is 16.8. The van der Waals surface area contributed by atoms with E-state index < -0.39 is 0 Å². The predicted molar refractivity (Wildman–Crippen MR) is 282 cm³/mol. The van der Waals surface area contributed by atoms with Crippen LogP contribution in [-0.2, 0) is 0 Å². The van der Waals surface area contributed by atoms with Crippen molar-refractivity contribution in [3.8, 4) is 33.4 Å². The van der Waals surface area contributed by atoms with E-state index in [1.807, 2.05) is 0 Å². The van der Waals surface area contributed by atoms with E-state index in [1.165, 1.54) is 76.5 Å². The maximum Gasteiger partial charge on any atom is 0.0540 e. The van der Waals surface area contributed by atoms with Crippen LogP contribution in [0.25, 0.3) is 76.5 Å². The Kier molecular flexibility index (Phi) is 9.89. The summed E-state index contributed by atoms with van der Waals surface area (Å²) < 4.78 is 0. The highest BCUT2D eigenvalue weighted by Crippen LogP contribution is 2.50. The molecule has 66 heavy (non-hydrogen) atoms. The van der Waals surface area contributed by atoms with E-state index >= 15 is 0 Å². The molecule has 0 fully saturated rings. The summed E-state index contributed by atoms with van der Waals surface area (Å²) in [5.41, 5.74) is 13.9. The minimum atomic E-state index is 1.09. The molecule has 0 saturated carbocycles. The van der Waals surface area contributed by atoms with Crippen LogP contribution in [-0.4, -0.2) is 0 Å². The topological polar surface area (TPSA) is 6.48 Å². The summed E-state index contributed by atoms with van der Waals surface area (Å²) in [5.74, 6) is 0. The van der Waals surface area contributed by atoms with Crippen molar-refractivity contribution in [3.63, 3.8) is 0 Å². The van der Waals surface area contributed by atoms with E-state index in [0.717, 1.165) is 34.1 Å². The molecule has 0 aliphatic rings. The molecular formula is C64H44N2. The molecule has 0 unspecified atom stereocenters. The van der Waals surface area contributed by atoms with Crippen molar-refractivity contribution in [1.29, 1.82) is 0 Å². The van der Waals surface area contributed by atoms with E-state index in [1.54, 1.807) is 0 Å². The van der Waals surface area contributed by atoms with E-state index in [2.05, 4.69) is 277 Å². The number of hydrogen-bond acceptors (Lipinski definition) is 2. The van der Waals surface area contributed by atoms with Crippen LogP contribution in [0.1, 0.15) is 0 Å². The molecule has 12 aromatic rings. The molecule has 310 valence electrons. The molecule has 0 spiro atoms. The molecule has 12 rings (SSSR count). The van der Waals surface area contributed by atoms with Crippen molar-refractivity contribution in [1.82, 2.24) is 0 Å². The Morgan fingerprint density at radius 2 is 0.515 bits per heavy atom. The van der Waals surface area contributed by atoms with Gasteiger partial charge in [-0.15, -0.1) is 0 Å². The number of benzene rings is 12. The minimum Gasteiger partial charge on any atom is -0.311 e. The fourth-order valence-corrected chi connectivity index (χ4v) is 10.1. The first-order valence-corrected chi connectivity index (χ1v) is 22.7. The van der Waals surface area contributed by atoms with Crippen LogP contribution in [0.15, 0.2) is 267 Å². The second kappa shape index (κ2) is 16.8. The minimum absolute atomic E-state index is 1.09. The molecule has 12 aromatic carbocycles. The molecule has 0 bridgehead atoms. The molecule has 0 heterocycles. The number of hydrogen-bond donors (Lipinski definition) is 0. The lowest BCUT2D eigenvalue weighted by Gasteiger charge is -2.28. The van der Waals surface area contributed by atoms with Gasteiger partial charge in [0.05, 0.1) is 5.69 Å². The Hall–Kier alpha value is -8.72. The summed E-state index contributed by atoms with van der Waals surface area (Å²) in [5, 5.41) is 9.98. The lowest BCUT2D eigenvalue weighted by atomic mass is 9.81. The zero-order chi connectivity index (χ0) is 43.8. The van der Waals surface area contributed by atoms with Crippen molar-refractivity contribution in [2.24, 2.45) is 0 Å². The summed E-state index contributed by atoms with van der Waals surface area (Å²) in [6.45, 7) is 0. The van der Waals surface area contributed by atoms with Crippen molar-refractivity contribution in [3.05, 3.63) is 267 Å². The summed E-state index contributed by atoms with van der Waals surface area (Å²) in [4.78, 5) is 4.71. The van der Waals surface area contributed by atoms with Gasteiger partial charge in [-0.05, 0) is 138 Å². The monoisotopic (exact) mass is 840 g/mol. The summed E-state index contributed by atoms with van der Waals surface area (Å²) >= 11 is 0. The Morgan fingerprint density at radius 1 is 0.197 bits per heavy atom. The molecule has 0 atom stereocenters. The maximum atomic E-state index is 2.38. The molecule has 0 N–H and O–H groups in total. The molecule has 0 aromatic heterocycles. The van der Waals surface area contributed by atoms with Crippen molar-refractivity contribution in [2.75, 3.05) is 9.80 Å². The Labute approximate surface area is 385 Å². The quantitative estimate of drug-likeness (QED) is 0.106. The Bertz CT molecular complexity index is 3620.